The molecular weight excluding hydrogens is 395 g/mol. The molecule has 162 valence electrons. The summed E-state index contributed by atoms with van der Waals surface area (Å²) >= 11 is 0. The minimum Gasteiger partial charge on any atom is -0.452 e. The second-order valence-corrected chi connectivity index (χ2v) is 7.65. The molecule has 1 atom stereocenters. The van der Waals surface area contributed by atoms with Gasteiger partial charge in [0, 0.05) is 22.8 Å². The average molecular weight is 423 g/mol. The van der Waals surface area contributed by atoms with E-state index in [4.69, 9.17) is 4.74 Å². The third kappa shape index (κ3) is 5.20. The smallest absolute Gasteiger partial charge is 0.340 e. The summed E-state index contributed by atoms with van der Waals surface area (Å²) in [5.74, 6) is -0.855. The van der Waals surface area contributed by atoms with Gasteiger partial charge in [0.2, 0.25) is 0 Å². The van der Waals surface area contributed by atoms with Crippen molar-refractivity contribution in [3.63, 3.8) is 0 Å². The zero-order chi connectivity index (χ0) is 22.5. The van der Waals surface area contributed by atoms with Crippen LogP contribution in [0.15, 0.2) is 54.6 Å². The summed E-state index contributed by atoms with van der Waals surface area (Å²) in [7, 11) is 0. The standard InChI is InChI=1S/C25H27FN2O3/c1-5-16(2)19-6-10-21(11-7-19)27-24(29)15-31-25(30)23-14-17(3)28(18(23)4)22-12-8-20(26)9-13-22/h6-14,16H,5,15H2,1-4H3,(H,27,29)/t16-/m0/s1. The Balaban J connectivity index is 1.62. The molecule has 5 nitrogen and oxygen atoms in total. The highest BCUT2D eigenvalue weighted by atomic mass is 19.1. The van der Waals surface area contributed by atoms with E-state index in [-0.39, 0.29) is 12.4 Å². The first-order valence-electron chi connectivity index (χ1n) is 10.3. The van der Waals surface area contributed by atoms with E-state index in [0.29, 0.717) is 22.9 Å². The second kappa shape index (κ2) is 9.60. The molecule has 3 aromatic rings. The molecule has 0 radical (unpaired) electrons. The number of aryl methyl sites for hydroxylation is 1. The summed E-state index contributed by atoms with van der Waals surface area (Å²) in [6.45, 7) is 7.53. The molecule has 1 heterocycles. The molecular formula is C25H27FN2O3. The van der Waals surface area contributed by atoms with Gasteiger partial charge in [-0.05, 0) is 74.2 Å². The molecule has 31 heavy (non-hydrogen) atoms. The number of rotatable bonds is 7. The minimum absolute atomic E-state index is 0.327. The fourth-order valence-corrected chi connectivity index (χ4v) is 3.49. The molecule has 0 aliphatic heterocycles. The first-order chi connectivity index (χ1) is 14.8. The molecule has 0 unspecified atom stereocenters. The van der Waals surface area contributed by atoms with Gasteiger partial charge in [-0.25, -0.2) is 9.18 Å². The molecule has 0 aliphatic rings. The van der Waals surface area contributed by atoms with Crippen molar-refractivity contribution in [2.45, 2.75) is 40.0 Å². The highest BCUT2D eigenvalue weighted by molar-refractivity contribution is 5.96. The number of amides is 1. The molecule has 1 N–H and O–H groups in total. The Morgan fingerprint density at radius 3 is 2.32 bits per heavy atom. The van der Waals surface area contributed by atoms with Crippen molar-refractivity contribution in [3.8, 4) is 5.69 Å². The van der Waals surface area contributed by atoms with Crippen LogP contribution in [0, 0.1) is 19.7 Å². The van der Waals surface area contributed by atoms with Crippen molar-refractivity contribution in [3.05, 3.63) is 82.9 Å². The van der Waals surface area contributed by atoms with Crippen molar-refractivity contribution in [2.24, 2.45) is 0 Å². The lowest BCUT2D eigenvalue weighted by molar-refractivity contribution is -0.119. The van der Waals surface area contributed by atoms with Crippen molar-refractivity contribution >= 4 is 17.6 Å². The normalized spacial score (nSPS) is 11.8. The van der Waals surface area contributed by atoms with Gasteiger partial charge in [0.25, 0.3) is 5.91 Å². The molecule has 0 bridgehead atoms. The van der Waals surface area contributed by atoms with Gasteiger partial charge in [-0.15, -0.1) is 0 Å². The number of nitrogens with zero attached hydrogens (tertiary/aromatic N) is 1. The zero-order valence-electron chi connectivity index (χ0n) is 18.2. The number of hydrogen-bond donors (Lipinski definition) is 1. The molecule has 0 spiro atoms. The summed E-state index contributed by atoms with van der Waals surface area (Å²) in [6.07, 6.45) is 1.05. The van der Waals surface area contributed by atoms with Gasteiger partial charge < -0.3 is 14.6 Å². The number of benzene rings is 2. The number of hydrogen-bond acceptors (Lipinski definition) is 3. The molecule has 0 fully saturated rings. The maximum Gasteiger partial charge on any atom is 0.340 e. The predicted octanol–water partition coefficient (Wildman–Crippen LogP) is 5.54. The van der Waals surface area contributed by atoms with Crippen LogP contribution in [-0.2, 0) is 9.53 Å². The number of halogens is 1. The average Bonchev–Trinajstić information content (AvgIpc) is 3.06. The lowest BCUT2D eigenvalue weighted by Gasteiger charge is -2.11. The van der Waals surface area contributed by atoms with Crippen molar-refractivity contribution in [1.29, 1.82) is 0 Å². The van der Waals surface area contributed by atoms with Gasteiger partial charge in [0.05, 0.1) is 5.56 Å². The van der Waals surface area contributed by atoms with E-state index >= 15 is 0 Å². The van der Waals surface area contributed by atoms with Crippen LogP contribution in [0.25, 0.3) is 5.69 Å². The molecule has 1 aromatic heterocycles. The maximum atomic E-state index is 13.2. The molecule has 2 aromatic carbocycles. The molecule has 0 saturated heterocycles. The third-order valence-electron chi connectivity index (χ3n) is 5.45. The lowest BCUT2D eigenvalue weighted by atomic mass is 9.99. The van der Waals surface area contributed by atoms with Crippen LogP contribution in [0.5, 0.6) is 0 Å². The van der Waals surface area contributed by atoms with Crippen LogP contribution in [0.3, 0.4) is 0 Å². The van der Waals surface area contributed by atoms with E-state index in [1.54, 1.807) is 25.1 Å². The number of nitrogens with one attached hydrogen (secondary N) is 1. The van der Waals surface area contributed by atoms with Crippen molar-refractivity contribution in [2.75, 3.05) is 11.9 Å². The molecule has 1 amide bonds. The number of carbonyl (C=O) groups excluding carboxylic acids is 2. The highest BCUT2D eigenvalue weighted by Crippen LogP contribution is 2.22. The lowest BCUT2D eigenvalue weighted by Crippen LogP contribution is -2.21. The van der Waals surface area contributed by atoms with Crippen molar-refractivity contribution < 1.29 is 18.7 Å². The van der Waals surface area contributed by atoms with E-state index in [2.05, 4.69) is 19.2 Å². The van der Waals surface area contributed by atoms with Gasteiger partial charge in [-0.1, -0.05) is 26.0 Å². The van der Waals surface area contributed by atoms with Gasteiger partial charge >= 0.3 is 5.97 Å². The first kappa shape index (κ1) is 22.3. The Bertz CT molecular complexity index is 1070. The number of carbonyl (C=O) groups is 2. The summed E-state index contributed by atoms with van der Waals surface area (Å²) in [5, 5.41) is 2.74. The Labute approximate surface area is 181 Å². The Kier molecular flexibility index (Phi) is 6.90. The van der Waals surface area contributed by atoms with Gasteiger partial charge in [0.1, 0.15) is 5.82 Å². The third-order valence-corrected chi connectivity index (χ3v) is 5.45. The fourth-order valence-electron chi connectivity index (χ4n) is 3.49. The largest absolute Gasteiger partial charge is 0.452 e. The number of aromatic nitrogens is 1. The Morgan fingerprint density at radius 1 is 1.06 bits per heavy atom. The minimum atomic E-state index is -0.580. The highest BCUT2D eigenvalue weighted by Gasteiger charge is 2.19. The van der Waals surface area contributed by atoms with Crippen LogP contribution >= 0.6 is 0 Å². The van der Waals surface area contributed by atoms with Gasteiger partial charge in [-0.3, -0.25) is 4.79 Å². The summed E-state index contributed by atoms with van der Waals surface area (Å²) in [6, 6.07) is 15.4. The van der Waals surface area contributed by atoms with E-state index in [9.17, 15) is 14.0 Å². The van der Waals surface area contributed by atoms with Crippen LogP contribution in [0.1, 0.15) is 53.5 Å². The number of esters is 1. The van der Waals surface area contributed by atoms with E-state index in [0.717, 1.165) is 17.8 Å². The Morgan fingerprint density at radius 2 is 1.71 bits per heavy atom. The molecule has 0 saturated carbocycles. The van der Waals surface area contributed by atoms with E-state index in [1.807, 2.05) is 35.8 Å². The quantitative estimate of drug-likeness (QED) is 0.509. The molecule has 0 aliphatic carbocycles. The zero-order valence-corrected chi connectivity index (χ0v) is 18.2. The number of ether oxygens (including phenoxy) is 1. The van der Waals surface area contributed by atoms with Crippen LogP contribution in [-0.4, -0.2) is 23.1 Å². The maximum absolute atomic E-state index is 13.2. The van der Waals surface area contributed by atoms with Crippen molar-refractivity contribution in [1.82, 2.24) is 4.57 Å². The van der Waals surface area contributed by atoms with Crippen LogP contribution < -0.4 is 5.32 Å². The van der Waals surface area contributed by atoms with Crippen LogP contribution in [0.2, 0.25) is 0 Å². The number of anilines is 1. The fraction of sp³-hybridized carbons (Fsp3) is 0.280. The summed E-state index contributed by atoms with van der Waals surface area (Å²) in [4.78, 5) is 24.8. The predicted molar refractivity (Wildman–Crippen MR) is 119 cm³/mol. The summed E-state index contributed by atoms with van der Waals surface area (Å²) in [5.41, 5.74) is 4.45. The second-order valence-electron chi connectivity index (χ2n) is 7.65. The first-order valence-corrected chi connectivity index (χ1v) is 10.3. The Hall–Kier alpha value is -3.41. The van der Waals surface area contributed by atoms with Gasteiger partial charge in [-0.2, -0.15) is 0 Å². The SMILES string of the molecule is CC[C@H](C)c1ccc(NC(=O)COC(=O)c2cc(C)n(-c3ccc(F)cc3)c2C)cc1. The van der Waals surface area contributed by atoms with Gasteiger partial charge in [0.15, 0.2) is 6.61 Å². The van der Waals surface area contributed by atoms with Crippen LogP contribution in [0.4, 0.5) is 10.1 Å². The molecule has 3 rings (SSSR count). The van der Waals surface area contributed by atoms with E-state index < -0.39 is 11.9 Å². The summed E-state index contributed by atoms with van der Waals surface area (Å²) < 4.78 is 20.3. The molecule has 6 heteroatoms. The van der Waals surface area contributed by atoms with E-state index in [1.165, 1.54) is 17.7 Å². The topological polar surface area (TPSA) is 60.3 Å². The monoisotopic (exact) mass is 422 g/mol.